The van der Waals surface area contributed by atoms with E-state index in [0.717, 1.165) is 19.4 Å². The molecule has 2 aliphatic rings. The van der Waals surface area contributed by atoms with Crippen LogP contribution in [0, 0.1) is 12.8 Å². The van der Waals surface area contributed by atoms with Gasteiger partial charge in [0.05, 0.1) is 16.3 Å². The highest BCUT2D eigenvalue weighted by molar-refractivity contribution is 7.89. The molecule has 0 bridgehead atoms. The molecule has 0 saturated carbocycles. The molecule has 150 valence electrons. The van der Waals surface area contributed by atoms with Gasteiger partial charge in [-0.25, -0.2) is 17.4 Å². The summed E-state index contributed by atoms with van der Waals surface area (Å²) in [5.41, 5.74) is 3.10. The number of rotatable bonds is 4. The SMILES string of the molecule is Cc1ccc(S(=O)(=O)N2CC3=Cc4c(ncn4S(=O)(=O)N(C)C)CC3C2)cc1. The molecule has 2 heterocycles. The van der Waals surface area contributed by atoms with Crippen molar-refractivity contribution in [2.45, 2.75) is 18.2 Å². The van der Waals surface area contributed by atoms with E-state index in [1.165, 1.54) is 24.7 Å². The molecule has 2 aromatic rings. The predicted octanol–water partition coefficient (Wildman–Crippen LogP) is 1.11. The minimum absolute atomic E-state index is 0.0122. The molecule has 0 radical (unpaired) electrons. The summed E-state index contributed by atoms with van der Waals surface area (Å²) in [6, 6.07) is 6.80. The number of hydrogen-bond acceptors (Lipinski definition) is 5. The minimum atomic E-state index is -3.68. The number of sulfonamides is 1. The third kappa shape index (κ3) is 3.00. The normalized spacial score (nSPS) is 20.1. The van der Waals surface area contributed by atoms with Gasteiger partial charge in [-0.1, -0.05) is 17.7 Å². The molecular formula is C18H22N4O4S2. The van der Waals surface area contributed by atoms with E-state index in [4.69, 9.17) is 0 Å². The number of fused-ring (bicyclic) bond motifs is 2. The molecule has 1 unspecified atom stereocenters. The molecule has 1 atom stereocenters. The van der Waals surface area contributed by atoms with Crippen LogP contribution in [0.4, 0.5) is 0 Å². The second-order valence-electron chi connectivity index (χ2n) is 7.39. The first-order valence-electron chi connectivity index (χ1n) is 8.87. The quantitative estimate of drug-likeness (QED) is 0.736. The molecule has 0 amide bonds. The first-order chi connectivity index (χ1) is 13.1. The summed E-state index contributed by atoms with van der Waals surface area (Å²) in [5.74, 6) is 0.0122. The highest BCUT2D eigenvalue weighted by atomic mass is 32.2. The molecule has 1 aromatic carbocycles. The zero-order valence-electron chi connectivity index (χ0n) is 15.9. The van der Waals surface area contributed by atoms with Gasteiger partial charge in [-0.3, -0.25) is 0 Å². The Labute approximate surface area is 165 Å². The summed E-state index contributed by atoms with van der Waals surface area (Å²) in [7, 11) is -4.35. The summed E-state index contributed by atoms with van der Waals surface area (Å²) in [4.78, 5) is 4.54. The van der Waals surface area contributed by atoms with Crippen molar-refractivity contribution in [3.63, 3.8) is 0 Å². The van der Waals surface area contributed by atoms with Crippen molar-refractivity contribution >= 4 is 26.3 Å². The number of aryl methyl sites for hydroxylation is 1. The van der Waals surface area contributed by atoms with E-state index in [1.807, 2.05) is 6.92 Å². The number of aromatic nitrogens is 2. The monoisotopic (exact) mass is 422 g/mol. The van der Waals surface area contributed by atoms with Crippen molar-refractivity contribution in [1.29, 1.82) is 0 Å². The molecule has 10 heteroatoms. The molecule has 8 nitrogen and oxygen atoms in total. The maximum atomic E-state index is 13.0. The fourth-order valence-corrected chi connectivity index (χ4v) is 6.01. The highest BCUT2D eigenvalue weighted by Crippen LogP contribution is 2.36. The van der Waals surface area contributed by atoms with Crippen molar-refractivity contribution in [3.05, 3.63) is 53.1 Å². The van der Waals surface area contributed by atoms with Gasteiger partial charge in [0.2, 0.25) is 10.0 Å². The van der Waals surface area contributed by atoms with Crippen molar-refractivity contribution in [2.75, 3.05) is 27.2 Å². The lowest BCUT2D eigenvalue weighted by molar-refractivity contribution is 0.455. The second-order valence-corrected chi connectivity index (χ2v) is 11.4. The van der Waals surface area contributed by atoms with Gasteiger partial charge in [-0.15, -0.1) is 0 Å². The Morgan fingerprint density at radius 3 is 2.43 bits per heavy atom. The predicted molar refractivity (Wildman–Crippen MR) is 105 cm³/mol. The van der Waals surface area contributed by atoms with Crippen molar-refractivity contribution in [2.24, 2.45) is 5.92 Å². The van der Waals surface area contributed by atoms with Gasteiger partial charge in [0, 0.05) is 33.1 Å². The summed E-state index contributed by atoms with van der Waals surface area (Å²) in [5, 5.41) is 0. The standard InChI is InChI=1S/C18H22N4O4S2/c1-13-4-6-16(7-5-13)27(23,24)21-10-14-8-17-18(9-15(14)11-21)22(12-19-17)28(25,26)20(2)3/h4-7,9,12,14H,8,10-11H2,1-3H3. The van der Waals surface area contributed by atoms with Gasteiger partial charge < -0.3 is 0 Å². The lowest BCUT2D eigenvalue weighted by atomic mass is 9.91. The van der Waals surface area contributed by atoms with Crippen LogP contribution in [0.15, 0.2) is 41.1 Å². The molecular weight excluding hydrogens is 400 g/mol. The van der Waals surface area contributed by atoms with E-state index >= 15 is 0 Å². The maximum absolute atomic E-state index is 13.0. The van der Waals surface area contributed by atoms with Gasteiger partial charge in [-0.05, 0) is 37.1 Å². The summed E-state index contributed by atoms with van der Waals surface area (Å²) >= 11 is 0. The van der Waals surface area contributed by atoms with E-state index in [2.05, 4.69) is 4.98 Å². The van der Waals surface area contributed by atoms with Crippen molar-refractivity contribution in [3.8, 4) is 0 Å². The molecule has 0 N–H and O–H groups in total. The molecule has 1 aromatic heterocycles. The van der Waals surface area contributed by atoms with E-state index in [9.17, 15) is 16.8 Å². The van der Waals surface area contributed by atoms with Crippen molar-refractivity contribution < 1.29 is 16.8 Å². The molecule has 0 spiro atoms. The highest BCUT2D eigenvalue weighted by Gasteiger charge is 2.39. The van der Waals surface area contributed by atoms with E-state index < -0.39 is 20.2 Å². The molecule has 1 aliphatic carbocycles. The first-order valence-corrected chi connectivity index (χ1v) is 11.7. The Bertz CT molecular complexity index is 1160. The second kappa shape index (κ2) is 6.51. The van der Waals surface area contributed by atoms with Crippen LogP contribution in [0.5, 0.6) is 0 Å². The Kier molecular flexibility index (Phi) is 4.49. The van der Waals surface area contributed by atoms with Gasteiger partial charge >= 0.3 is 10.2 Å². The summed E-state index contributed by atoms with van der Waals surface area (Å²) in [6.45, 7) is 2.54. The van der Waals surface area contributed by atoms with Gasteiger partial charge in [0.1, 0.15) is 6.33 Å². The average Bonchev–Trinajstić information content (AvgIpc) is 3.23. The van der Waals surface area contributed by atoms with Crippen LogP contribution in [-0.4, -0.2) is 61.6 Å². The topological polar surface area (TPSA) is 92.6 Å². The number of imidazole rings is 1. The van der Waals surface area contributed by atoms with E-state index in [0.29, 0.717) is 24.4 Å². The third-order valence-corrected chi connectivity index (χ3v) is 8.83. The molecule has 1 fully saturated rings. The molecule has 4 rings (SSSR count). The first kappa shape index (κ1) is 19.3. The lowest BCUT2D eigenvalue weighted by Gasteiger charge is -2.19. The number of benzene rings is 1. The van der Waals surface area contributed by atoms with Crippen LogP contribution < -0.4 is 0 Å². The fourth-order valence-electron chi connectivity index (χ4n) is 3.61. The minimum Gasteiger partial charge on any atom is -0.240 e. The molecule has 28 heavy (non-hydrogen) atoms. The molecule has 1 saturated heterocycles. The van der Waals surface area contributed by atoms with E-state index in [-0.39, 0.29) is 17.4 Å². The summed E-state index contributed by atoms with van der Waals surface area (Å²) < 4.78 is 54.7. The van der Waals surface area contributed by atoms with E-state index in [1.54, 1.807) is 30.3 Å². The van der Waals surface area contributed by atoms with Crippen LogP contribution >= 0.6 is 0 Å². The Morgan fingerprint density at radius 2 is 1.79 bits per heavy atom. The third-order valence-electron chi connectivity index (χ3n) is 5.29. The van der Waals surface area contributed by atoms with Crippen molar-refractivity contribution in [1.82, 2.24) is 17.6 Å². The van der Waals surface area contributed by atoms with Gasteiger partial charge in [-0.2, -0.15) is 17.0 Å². The number of hydrogen-bond donors (Lipinski definition) is 0. The average molecular weight is 423 g/mol. The smallest absolute Gasteiger partial charge is 0.240 e. The Balaban J connectivity index is 1.67. The number of nitrogens with zero attached hydrogens (tertiary/aromatic N) is 4. The lowest BCUT2D eigenvalue weighted by Crippen LogP contribution is -2.29. The van der Waals surface area contributed by atoms with Crippen LogP contribution in [0.3, 0.4) is 0 Å². The Morgan fingerprint density at radius 1 is 1.11 bits per heavy atom. The van der Waals surface area contributed by atoms with Gasteiger partial charge in [0.25, 0.3) is 0 Å². The Hall–Kier alpha value is -2.01. The van der Waals surface area contributed by atoms with Crippen LogP contribution in [0.2, 0.25) is 0 Å². The largest absolute Gasteiger partial charge is 0.308 e. The maximum Gasteiger partial charge on any atom is 0.308 e. The van der Waals surface area contributed by atoms with Crippen LogP contribution in [-0.2, 0) is 26.7 Å². The zero-order valence-corrected chi connectivity index (χ0v) is 17.5. The summed E-state index contributed by atoms with van der Waals surface area (Å²) in [6.07, 6.45) is 3.62. The fraction of sp³-hybridized carbons (Fsp3) is 0.389. The van der Waals surface area contributed by atoms with Crippen LogP contribution in [0.1, 0.15) is 17.0 Å². The zero-order chi connectivity index (χ0) is 20.3. The van der Waals surface area contributed by atoms with Crippen LogP contribution in [0.25, 0.3) is 6.08 Å². The van der Waals surface area contributed by atoms with Gasteiger partial charge in [0.15, 0.2) is 0 Å². The molecule has 1 aliphatic heterocycles.